The lowest BCUT2D eigenvalue weighted by Crippen LogP contribution is -2.42. The monoisotopic (exact) mass is 498 g/mol. The summed E-state index contributed by atoms with van der Waals surface area (Å²) >= 11 is 1.49. The fourth-order valence-corrected chi connectivity index (χ4v) is 5.64. The molecule has 0 spiro atoms. The highest BCUT2D eigenvalue weighted by Crippen LogP contribution is 2.45. The molecule has 1 amide bonds. The van der Waals surface area contributed by atoms with Gasteiger partial charge < -0.3 is 19.7 Å². The van der Waals surface area contributed by atoms with Crippen molar-refractivity contribution < 1.29 is 19.1 Å². The van der Waals surface area contributed by atoms with Gasteiger partial charge in [-0.2, -0.15) is 0 Å². The predicted molar refractivity (Wildman–Crippen MR) is 138 cm³/mol. The van der Waals surface area contributed by atoms with E-state index >= 15 is 0 Å². The van der Waals surface area contributed by atoms with Gasteiger partial charge in [0.15, 0.2) is 5.17 Å². The number of esters is 1. The Kier molecular flexibility index (Phi) is 8.30. The molecular formula is C26H34N4O4S. The number of rotatable bonds is 8. The van der Waals surface area contributed by atoms with Gasteiger partial charge in [0.05, 0.1) is 43.6 Å². The van der Waals surface area contributed by atoms with Crippen LogP contribution in [0.25, 0.3) is 0 Å². The minimum atomic E-state index is -0.399. The number of benzene rings is 1. The molecule has 4 rings (SSSR count). The molecule has 188 valence electrons. The topological polar surface area (TPSA) is 83.5 Å². The predicted octanol–water partition coefficient (Wildman–Crippen LogP) is 3.28. The Balaban J connectivity index is 1.55. The van der Waals surface area contributed by atoms with Crippen LogP contribution in [-0.2, 0) is 19.1 Å². The molecular weight excluding hydrogens is 464 g/mol. The van der Waals surface area contributed by atoms with E-state index in [-0.39, 0.29) is 24.9 Å². The summed E-state index contributed by atoms with van der Waals surface area (Å²) in [6, 6.07) is 5.83. The van der Waals surface area contributed by atoms with Gasteiger partial charge in [0.1, 0.15) is 0 Å². The number of allylic oxidation sites excluding steroid dienone is 1. The summed E-state index contributed by atoms with van der Waals surface area (Å²) in [4.78, 5) is 35.0. The first-order chi connectivity index (χ1) is 16.9. The second-order valence-electron chi connectivity index (χ2n) is 8.95. The minimum Gasteiger partial charge on any atom is -0.463 e. The molecule has 0 radical (unpaired) electrons. The first-order valence-corrected chi connectivity index (χ1v) is 13.0. The average molecular weight is 499 g/mol. The molecule has 1 atom stereocenters. The molecule has 0 unspecified atom stereocenters. The van der Waals surface area contributed by atoms with E-state index in [0.29, 0.717) is 17.8 Å². The zero-order valence-corrected chi connectivity index (χ0v) is 21.7. The van der Waals surface area contributed by atoms with Crippen molar-refractivity contribution in [3.63, 3.8) is 0 Å². The molecule has 1 saturated heterocycles. The van der Waals surface area contributed by atoms with Crippen LogP contribution in [0.15, 0.2) is 45.6 Å². The van der Waals surface area contributed by atoms with Gasteiger partial charge in [-0.1, -0.05) is 35.5 Å². The summed E-state index contributed by atoms with van der Waals surface area (Å²) in [5, 5.41) is 5.79. The fourth-order valence-electron chi connectivity index (χ4n) is 4.67. The number of morpholine rings is 1. The summed E-state index contributed by atoms with van der Waals surface area (Å²) in [6.07, 6.45) is 0.214. The van der Waals surface area contributed by atoms with Crippen LogP contribution in [0.1, 0.15) is 43.0 Å². The smallest absolute Gasteiger partial charge is 0.338 e. The number of carbonyl (C=O) groups is 2. The van der Waals surface area contributed by atoms with Crippen LogP contribution in [0.4, 0.5) is 0 Å². The Hall–Kier alpha value is -2.62. The van der Waals surface area contributed by atoms with Gasteiger partial charge in [0, 0.05) is 31.9 Å². The Morgan fingerprint density at radius 2 is 2.00 bits per heavy atom. The van der Waals surface area contributed by atoms with E-state index < -0.39 is 6.04 Å². The normalized spacial score (nSPS) is 20.3. The molecule has 0 aliphatic carbocycles. The molecule has 35 heavy (non-hydrogen) atoms. The van der Waals surface area contributed by atoms with Crippen molar-refractivity contribution in [3.05, 3.63) is 57.3 Å². The first-order valence-electron chi connectivity index (χ1n) is 12.1. The summed E-state index contributed by atoms with van der Waals surface area (Å²) in [5.74, 6) is -0.418. The van der Waals surface area contributed by atoms with Gasteiger partial charge >= 0.3 is 5.97 Å². The van der Waals surface area contributed by atoms with Crippen molar-refractivity contribution in [1.29, 1.82) is 0 Å². The highest BCUT2D eigenvalue weighted by molar-refractivity contribution is 8.16. The minimum absolute atomic E-state index is 0.0466. The van der Waals surface area contributed by atoms with Gasteiger partial charge in [-0.05, 0) is 44.2 Å². The quantitative estimate of drug-likeness (QED) is 0.551. The molecule has 1 aromatic rings. The number of hydrogen-bond acceptors (Lipinski definition) is 8. The summed E-state index contributed by atoms with van der Waals surface area (Å²) < 4.78 is 10.8. The van der Waals surface area contributed by atoms with Crippen molar-refractivity contribution in [1.82, 2.24) is 15.1 Å². The fraction of sp³-hybridized carbons (Fsp3) is 0.500. The van der Waals surface area contributed by atoms with Crippen molar-refractivity contribution in [2.24, 2.45) is 4.99 Å². The SMILES string of the molecule is CCOC(=O)C1=C(C)N=C2SC=C(CC(=O)NCCN3CCOCC3)N2[C@@H]1c1ccc(C)cc1C. The van der Waals surface area contributed by atoms with Gasteiger partial charge in [-0.3, -0.25) is 9.69 Å². The number of ether oxygens (including phenoxy) is 2. The summed E-state index contributed by atoms with van der Waals surface area (Å²) in [6.45, 7) is 12.7. The number of hydrogen-bond donors (Lipinski definition) is 1. The van der Waals surface area contributed by atoms with Crippen LogP contribution < -0.4 is 5.32 Å². The number of amidine groups is 1. The lowest BCUT2D eigenvalue weighted by molar-refractivity contribution is -0.139. The number of nitrogens with one attached hydrogen (secondary N) is 1. The van der Waals surface area contributed by atoms with Crippen molar-refractivity contribution in [2.45, 2.75) is 40.2 Å². The summed E-state index contributed by atoms with van der Waals surface area (Å²) in [7, 11) is 0. The number of aryl methyl sites for hydroxylation is 2. The van der Waals surface area contributed by atoms with Gasteiger partial charge in [-0.15, -0.1) is 0 Å². The molecule has 3 heterocycles. The third kappa shape index (κ3) is 5.79. The number of fused-ring (bicyclic) bond motifs is 1. The van der Waals surface area contributed by atoms with E-state index in [1.165, 1.54) is 11.8 Å². The third-order valence-corrected chi connectivity index (χ3v) is 7.30. The average Bonchev–Trinajstić information content (AvgIpc) is 3.21. The van der Waals surface area contributed by atoms with Crippen molar-refractivity contribution in [2.75, 3.05) is 46.0 Å². The lowest BCUT2D eigenvalue weighted by atomic mass is 9.90. The zero-order valence-electron chi connectivity index (χ0n) is 20.9. The Bertz CT molecular complexity index is 1080. The zero-order chi connectivity index (χ0) is 24.9. The van der Waals surface area contributed by atoms with E-state index in [0.717, 1.165) is 60.4 Å². The van der Waals surface area contributed by atoms with Crippen molar-refractivity contribution in [3.8, 4) is 0 Å². The molecule has 0 saturated carbocycles. The number of aliphatic imine (C=N–C) groups is 1. The Labute approximate surface area is 211 Å². The van der Waals surface area contributed by atoms with E-state index in [1.807, 2.05) is 17.2 Å². The molecule has 1 fully saturated rings. The highest BCUT2D eigenvalue weighted by atomic mass is 32.2. The molecule has 9 heteroatoms. The van der Waals surface area contributed by atoms with E-state index in [4.69, 9.17) is 14.5 Å². The molecule has 3 aliphatic heterocycles. The van der Waals surface area contributed by atoms with Crippen LogP contribution in [0, 0.1) is 13.8 Å². The molecule has 0 aromatic heterocycles. The summed E-state index contributed by atoms with van der Waals surface area (Å²) in [5.41, 5.74) is 5.24. The van der Waals surface area contributed by atoms with E-state index in [9.17, 15) is 9.59 Å². The number of thioether (sulfide) groups is 1. The van der Waals surface area contributed by atoms with Gasteiger partial charge in [0.25, 0.3) is 0 Å². The molecule has 3 aliphatic rings. The van der Waals surface area contributed by atoms with Crippen LogP contribution in [0.2, 0.25) is 0 Å². The maximum Gasteiger partial charge on any atom is 0.338 e. The van der Waals surface area contributed by atoms with Crippen LogP contribution >= 0.6 is 11.8 Å². The number of nitrogens with zero attached hydrogens (tertiary/aromatic N) is 3. The van der Waals surface area contributed by atoms with Crippen LogP contribution in [0.3, 0.4) is 0 Å². The van der Waals surface area contributed by atoms with E-state index in [2.05, 4.69) is 42.3 Å². The van der Waals surface area contributed by atoms with Gasteiger partial charge in [0.2, 0.25) is 5.91 Å². The van der Waals surface area contributed by atoms with E-state index in [1.54, 1.807) is 6.92 Å². The Morgan fingerprint density at radius 3 is 2.71 bits per heavy atom. The second-order valence-corrected chi connectivity index (χ2v) is 9.79. The maximum atomic E-state index is 13.1. The standard InChI is InChI=1S/C26H34N4O4S/c1-5-34-25(32)23-19(4)28-26-30(24(23)21-7-6-17(2)14-18(21)3)20(16-35-26)15-22(31)27-8-9-29-10-12-33-13-11-29/h6-7,14,16,24H,5,8-13,15H2,1-4H3,(H,27,31)/t24-/m1/s1. The number of amides is 1. The maximum absolute atomic E-state index is 13.1. The molecule has 8 nitrogen and oxygen atoms in total. The van der Waals surface area contributed by atoms with Crippen LogP contribution in [0.5, 0.6) is 0 Å². The largest absolute Gasteiger partial charge is 0.463 e. The molecule has 1 N–H and O–H groups in total. The second kappa shape index (κ2) is 11.4. The highest BCUT2D eigenvalue weighted by Gasteiger charge is 2.41. The van der Waals surface area contributed by atoms with Gasteiger partial charge in [-0.25, -0.2) is 9.79 Å². The third-order valence-electron chi connectivity index (χ3n) is 6.41. The first kappa shape index (κ1) is 25.5. The van der Waals surface area contributed by atoms with Crippen molar-refractivity contribution >= 4 is 28.8 Å². The number of carbonyl (C=O) groups excluding carboxylic acids is 2. The van der Waals surface area contributed by atoms with Crippen LogP contribution in [-0.4, -0.2) is 72.8 Å². The lowest BCUT2D eigenvalue weighted by Gasteiger charge is -2.37. The molecule has 1 aromatic carbocycles. The molecule has 0 bridgehead atoms. The Morgan fingerprint density at radius 1 is 1.23 bits per heavy atom.